The molecule has 31 heavy (non-hydrogen) atoms. The highest BCUT2D eigenvalue weighted by Crippen LogP contribution is 2.37. The van der Waals surface area contributed by atoms with E-state index >= 15 is 0 Å². The van der Waals surface area contributed by atoms with E-state index in [0.29, 0.717) is 43.1 Å². The minimum atomic E-state index is -0.552. The number of nitrogens with zero attached hydrogens (tertiary/aromatic N) is 1. The van der Waals surface area contributed by atoms with Crippen LogP contribution in [-0.4, -0.2) is 75.9 Å². The highest BCUT2D eigenvalue weighted by molar-refractivity contribution is 5.70. The molecule has 5 rings (SSSR count). The molecule has 0 amide bonds. The molecule has 0 spiro atoms. The van der Waals surface area contributed by atoms with Crippen LogP contribution < -0.4 is 18.9 Å². The van der Waals surface area contributed by atoms with Gasteiger partial charge in [-0.2, -0.15) is 0 Å². The summed E-state index contributed by atoms with van der Waals surface area (Å²) in [5.74, 6) is 4.08. The summed E-state index contributed by atoms with van der Waals surface area (Å²) < 4.78 is 28.3. The number of benzene rings is 2. The SMILES string of the molecule is COc1cc(OCC(O)CN2C[C@H]3COC[C@H]3C2)cc(-c2ccc3c(c2)OCCO3)c1. The number of fused-ring (bicyclic) bond motifs is 2. The summed E-state index contributed by atoms with van der Waals surface area (Å²) in [5.41, 5.74) is 1.94. The number of aliphatic hydroxyl groups is 1. The second-order valence-electron chi connectivity index (χ2n) is 8.50. The first-order valence-electron chi connectivity index (χ1n) is 10.9. The molecule has 7 nitrogen and oxygen atoms in total. The third-order valence-electron chi connectivity index (χ3n) is 6.22. The van der Waals surface area contributed by atoms with Gasteiger partial charge in [-0.3, -0.25) is 4.90 Å². The molecule has 7 heteroatoms. The Kier molecular flexibility index (Phi) is 5.89. The van der Waals surface area contributed by atoms with Crippen molar-refractivity contribution < 1.29 is 28.8 Å². The molecule has 3 heterocycles. The molecule has 2 saturated heterocycles. The van der Waals surface area contributed by atoms with Crippen molar-refractivity contribution in [1.29, 1.82) is 0 Å². The number of hydrogen-bond donors (Lipinski definition) is 1. The molecule has 3 aliphatic rings. The maximum Gasteiger partial charge on any atom is 0.161 e. The lowest BCUT2D eigenvalue weighted by Gasteiger charge is -2.21. The summed E-state index contributed by atoms with van der Waals surface area (Å²) in [6.07, 6.45) is -0.552. The predicted octanol–water partition coefficient (Wildman–Crippen LogP) is 2.45. The smallest absolute Gasteiger partial charge is 0.161 e. The van der Waals surface area contributed by atoms with Gasteiger partial charge < -0.3 is 28.8 Å². The molecule has 3 atom stereocenters. The highest BCUT2D eigenvalue weighted by atomic mass is 16.6. The Morgan fingerprint density at radius 3 is 2.48 bits per heavy atom. The molecule has 1 unspecified atom stereocenters. The fourth-order valence-electron chi connectivity index (χ4n) is 4.64. The molecule has 166 valence electrons. The molecule has 0 aliphatic carbocycles. The number of methoxy groups -OCH3 is 1. The summed E-state index contributed by atoms with van der Waals surface area (Å²) in [4.78, 5) is 2.32. The number of aliphatic hydroxyl groups excluding tert-OH is 1. The van der Waals surface area contributed by atoms with Crippen molar-refractivity contribution in [1.82, 2.24) is 4.90 Å². The number of rotatable bonds is 7. The van der Waals surface area contributed by atoms with Crippen LogP contribution in [0.1, 0.15) is 0 Å². The largest absolute Gasteiger partial charge is 0.497 e. The lowest BCUT2D eigenvalue weighted by atomic mass is 10.0. The average Bonchev–Trinajstić information content (AvgIpc) is 3.39. The van der Waals surface area contributed by atoms with Gasteiger partial charge in [0.1, 0.15) is 37.4 Å². The fraction of sp³-hybridized carbons (Fsp3) is 0.500. The van der Waals surface area contributed by atoms with Gasteiger partial charge in [0.15, 0.2) is 11.5 Å². The van der Waals surface area contributed by atoms with Gasteiger partial charge in [-0.15, -0.1) is 0 Å². The van der Waals surface area contributed by atoms with Crippen molar-refractivity contribution in [3.05, 3.63) is 36.4 Å². The summed E-state index contributed by atoms with van der Waals surface area (Å²) in [7, 11) is 1.63. The Hall–Kier alpha value is -2.48. The van der Waals surface area contributed by atoms with Crippen molar-refractivity contribution in [2.24, 2.45) is 11.8 Å². The number of ether oxygens (including phenoxy) is 5. The van der Waals surface area contributed by atoms with Crippen LogP contribution in [-0.2, 0) is 4.74 Å². The van der Waals surface area contributed by atoms with Gasteiger partial charge in [0.05, 0.1) is 20.3 Å². The van der Waals surface area contributed by atoms with Crippen molar-refractivity contribution in [3.63, 3.8) is 0 Å². The molecule has 0 saturated carbocycles. The maximum atomic E-state index is 10.5. The third-order valence-corrected chi connectivity index (χ3v) is 6.22. The van der Waals surface area contributed by atoms with E-state index in [1.165, 1.54) is 0 Å². The molecule has 0 aromatic heterocycles. The first-order valence-corrected chi connectivity index (χ1v) is 10.9. The number of hydrogen-bond acceptors (Lipinski definition) is 7. The molecular weight excluding hydrogens is 398 g/mol. The van der Waals surface area contributed by atoms with Crippen LogP contribution in [0.5, 0.6) is 23.0 Å². The van der Waals surface area contributed by atoms with E-state index in [4.69, 9.17) is 23.7 Å². The Bertz CT molecular complexity index is 907. The molecule has 2 aromatic carbocycles. The predicted molar refractivity (Wildman–Crippen MR) is 115 cm³/mol. The Balaban J connectivity index is 1.24. The second-order valence-corrected chi connectivity index (χ2v) is 8.50. The molecule has 3 aliphatic heterocycles. The lowest BCUT2D eigenvalue weighted by Crippen LogP contribution is -2.35. The summed E-state index contributed by atoms with van der Waals surface area (Å²) in [6, 6.07) is 11.6. The van der Waals surface area contributed by atoms with E-state index in [0.717, 1.165) is 48.9 Å². The monoisotopic (exact) mass is 427 g/mol. The Labute approximate surface area is 182 Å². The summed E-state index contributed by atoms with van der Waals surface area (Å²) in [5, 5.41) is 10.5. The average molecular weight is 427 g/mol. The molecule has 2 fully saturated rings. The molecule has 2 aromatic rings. The van der Waals surface area contributed by atoms with Crippen LogP contribution in [0.15, 0.2) is 36.4 Å². The maximum absolute atomic E-state index is 10.5. The van der Waals surface area contributed by atoms with Crippen molar-refractivity contribution in [2.75, 3.05) is 59.8 Å². The molecule has 0 bridgehead atoms. The van der Waals surface area contributed by atoms with Crippen LogP contribution in [0, 0.1) is 11.8 Å². The van der Waals surface area contributed by atoms with E-state index in [1.54, 1.807) is 7.11 Å². The van der Waals surface area contributed by atoms with Crippen LogP contribution in [0.25, 0.3) is 11.1 Å². The minimum absolute atomic E-state index is 0.232. The van der Waals surface area contributed by atoms with Gasteiger partial charge in [-0.1, -0.05) is 6.07 Å². The van der Waals surface area contributed by atoms with Gasteiger partial charge in [-0.05, 0) is 35.4 Å². The van der Waals surface area contributed by atoms with Crippen molar-refractivity contribution in [2.45, 2.75) is 6.10 Å². The fourth-order valence-corrected chi connectivity index (χ4v) is 4.64. The van der Waals surface area contributed by atoms with E-state index in [9.17, 15) is 5.11 Å². The zero-order chi connectivity index (χ0) is 21.2. The molecule has 0 radical (unpaired) electrons. The second kappa shape index (κ2) is 8.94. The quantitative estimate of drug-likeness (QED) is 0.728. The van der Waals surface area contributed by atoms with Gasteiger partial charge in [-0.25, -0.2) is 0 Å². The summed E-state index contributed by atoms with van der Waals surface area (Å²) in [6.45, 7) is 5.65. The Morgan fingerprint density at radius 2 is 1.71 bits per heavy atom. The van der Waals surface area contributed by atoms with E-state index in [1.807, 2.05) is 36.4 Å². The first kappa shape index (κ1) is 20.4. The number of likely N-dealkylation sites (tertiary alicyclic amines) is 1. The van der Waals surface area contributed by atoms with Gasteiger partial charge in [0.2, 0.25) is 0 Å². The van der Waals surface area contributed by atoms with E-state index in [-0.39, 0.29) is 6.61 Å². The third kappa shape index (κ3) is 4.59. The Morgan fingerprint density at radius 1 is 0.968 bits per heavy atom. The van der Waals surface area contributed by atoms with E-state index in [2.05, 4.69) is 4.90 Å². The van der Waals surface area contributed by atoms with E-state index < -0.39 is 6.10 Å². The minimum Gasteiger partial charge on any atom is -0.497 e. The van der Waals surface area contributed by atoms with Crippen LogP contribution in [0.3, 0.4) is 0 Å². The molecule has 1 N–H and O–H groups in total. The van der Waals surface area contributed by atoms with Crippen molar-refractivity contribution in [3.8, 4) is 34.1 Å². The van der Waals surface area contributed by atoms with Crippen molar-refractivity contribution >= 4 is 0 Å². The van der Waals surface area contributed by atoms with Gasteiger partial charge >= 0.3 is 0 Å². The lowest BCUT2D eigenvalue weighted by molar-refractivity contribution is 0.0675. The van der Waals surface area contributed by atoms with Crippen LogP contribution in [0.4, 0.5) is 0 Å². The zero-order valence-electron chi connectivity index (χ0n) is 17.8. The topological polar surface area (TPSA) is 69.6 Å². The summed E-state index contributed by atoms with van der Waals surface area (Å²) >= 11 is 0. The molecular formula is C24H29NO6. The normalized spacial score (nSPS) is 23.4. The van der Waals surface area contributed by atoms with Gasteiger partial charge in [0, 0.05) is 37.5 Å². The van der Waals surface area contributed by atoms with Gasteiger partial charge in [0.25, 0.3) is 0 Å². The number of β-amino-alcohol motifs (C(OH)–C–C–N with tert-alkyl or cyclic N) is 1. The standard InChI is InChI=1S/C24H29NO6/c1-27-21-6-17(16-2-3-23-24(8-16)30-5-4-29-23)7-22(9-21)31-15-20(26)12-25-10-18-13-28-14-19(18)11-25/h2-3,6-9,18-20,26H,4-5,10-15H2,1H3/t18-,19+,20?. The first-order chi connectivity index (χ1) is 15.2. The van der Waals surface area contributed by atoms with Crippen LogP contribution >= 0.6 is 0 Å². The highest BCUT2D eigenvalue weighted by Gasteiger charge is 2.37. The zero-order valence-corrected chi connectivity index (χ0v) is 17.8. The van der Waals surface area contributed by atoms with Crippen LogP contribution in [0.2, 0.25) is 0 Å².